The highest BCUT2D eigenvalue weighted by Gasteiger charge is 2.25. The van der Waals surface area contributed by atoms with E-state index in [0.717, 1.165) is 25.4 Å². The molecule has 3 heteroatoms. The Hall–Kier alpha value is -0.120. The van der Waals surface area contributed by atoms with Crippen LogP contribution in [0.3, 0.4) is 0 Å². The zero-order valence-electron chi connectivity index (χ0n) is 11.8. The number of hydrogen-bond acceptors (Lipinski definition) is 3. The van der Waals surface area contributed by atoms with Gasteiger partial charge in [-0.05, 0) is 57.2 Å². The average Bonchev–Trinajstić information content (AvgIpc) is 2.31. The van der Waals surface area contributed by atoms with Gasteiger partial charge >= 0.3 is 0 Å². The van der Waals surface area contributed by atoms with Gasteiger partial charge < -0.3 is 15.4 Å². The van der Waals surface area contributed by atoms with Gasteiger partial charge in [-0.1, -0.05) is 13.8 Å². The Morgan fingerprint density at radius 3 is 2.82 bits per heavy atom. The van der Waals surface area contributed by atoms with E-state index in [9.17, 15) is 0 Å². The van der Waals surface area contributed by atoms with Crippen LogP contribution in [-0.4, -0.2) is 44.3 Å². The highest BCUT2D eigenvalue weighted by atomic mass is 16.5. The van der Waals surface area contributed by atoms with Crippen molar-refractivity contribution in [3.05, 3.63) is 0 Å². The van der Waals surface area contributed by atoms with E-state index in [2.05, 4.69) is 18.7 Å². The van der Waals surface area contributed by atoms with Crippen LogP contribution in [0.5, 0.6) is 0 Å². The molecule has 0 amide bonds. The van der Waals surface area contributed by atoms with E-state index in [4.69, 9.17) is 10.5 Å². The largest absolute Gasteiger partial charge is 0.380 e. The SMILES string of the molecule is COC1CN(CCCC(C)CCN)CCC1C. The molecule has 0 aliphatic carbocycles. The predicted octanol–water partition coefficient (Wildman–Crippen LogP) is 2.11. The van der Waals surface area contributed by atoms with E-state index in [1.165, 1.54) is 32.4 Å². The third kappa shape index (κ3) is 5.36. The number of ether oxygens (including phenoxy) is 1. The molecule has 1 aliphatic rings. The maximum Gasteiger partial charge on any atom is 0.0724 e. The molecular weight excluding hydrogens is 212 g/mol. The highest BCUT2D eigenvalue weighted by molar-refractivity contribution is 4.78. The average molecular weight is 242 g/mol. The molecule has 1 fully saturated rings. The molecule has 1 heterocycles. The Morgan fingerprint density at radius 2 is 2.18 bits per heavy atom. The second-order valence-electron chi connectivity index (χ2n) is 5.67. The molecule has 1 aliphatic heterocycles. The van der Waals surface area contributed by atoms with Gasteiger partial charge in [-0.3, -0.25) is 0 Å². The highest BCUT2D eigenvalue weighted by Crippen LogP contribution is 2.20. The maximum absolute atomic E-state index is 5.57. The van der Waals surface area contributed by atoms with Gasteiger partial charge in [0.15, 0.2) is 0 Å². The second kappa shape index (κ2) is 8.06. The van der Waals surface area contributed by atoms with Crippen molar-refractivity contribution in [3.8, 4) is 0 Å². The standard InChI is InChI=1S/C14H30N2O/c1-12(6-8-15)5-4-9-16-10-7-13(2)14(11-16)17-3/h12-14H,4-11,15H2,1-3H3. The first-order valence-electron chi connectivity index (χ1n) is 7.12. The molecular formula is C14H30N2O. The van der Waals surface area contributed by atoms with E-state index >= 15 is 0 Å². The lowest BCUT2D eigenvalue weighted by atomic mass is 9.95. The smallest absolute Gasteiger partial charge is 0.0724 e. The molecule has 17 heavy (non-hydrogen) atoms. The number of methoxy groups -OCH3 is 1. The lowest BCUT2D eigenvalue weighted by Gasteiger charge is -2.36. The first-order chi connectivity index (χ1) is 8.17. The van der Waals surface area contributed by atoms with Gasteiger partial charge in [-0.25, -0.2) is 0 Å². The van der Waals surface area contributed by atoms with E-state index in [-0.39, 0.29) is 0 Å². The monoisotopic (exact) mass is 242 g/mol. The molecule has 2 N–H and O–H groups in total. The van der Waals surface area contributed by atoms with Crippen molar-refractivity contribution in [1.82, 2.24) is 4.90 Å². The molecule has 0 aromatic rings. The molecule has 0 bridgehead atoms. The normalized spacial score (nSPS) is 28.2. The van der Waals surface area contributed by atoms with Gasteiger partial charge in [0, 0.05) is 13.7 Å². The predicted molar refractivity (Wildman–Crippen MR) is 73.1 cm³/mol. The van der Waals surface area contributed by atoms with E-state index in [0.29, 0.717) is 12.0 Å². The Labute approximate surface area is 107 Å². The van der Waals surface area contributed by atoms with Crippen molar-refractivity contribution in [1.29, 1.82) is 0 Å². The summed E-state index contributed by atoms with van der Waals surface area (Å²) in [6.45, 7) is 9.02. The summed E-state index contributed by atoms with van der Waals surface area (Å²) in [5, 5.41) is 0. The zero-order valence-corrected chi connectivity index (χ0v) is 11.8. The summed E-state index contributed by atoms with van der Waals surface area (Å²) < 4.78 is 5.54. The lowest BCUT2D eigenvalue weighted by Crippen LogP contribution is -2.44. The lowest BCUT2D eigenvalue weighted by molar-refractivity contribution is -0.00547. The molecule has 3 nitrogen and oxygen atoms in total. The van der Waals surface area contributed by atoms with Gasteiger partial charge in [0.2, 0.25) is 0 Å². The fourth-order valence-electron chi connectivity index (χ4n) is 2.70. The molecule has 1 rings (SSSR count). The van der Waals surface area contributed by atoms with Crippen molar-refractivity contribution in [2.24, 2.45) is 17.6 Å². The van der Waals surface area contributed by atoms with Gasteiger partial charge in [0.1, 0.15) is 0 Å². The first kappa shape index (κ1) is 14.9. The molecule has 0 aromatic carbocycles. The molecule has 1 saturated heterocycles. The minimum Gasteiger partial charge on any atom is -0.380 e. The number of nitrogens with zero attached hydrogens (tertiary/aromatic N) is 1. The number of rotatable bonds is 7. The zero-order chi connectivity index (χ0) is 12.7. The van der Waals surface area contributed by atoms with E-state index in [1.807, 2.05) is 7.11 Å². The number of likely N-dealkylation sites (tertiary alicyclic amines) is 1. The first-order valence-corrected chi connectivity index (χ1v) is 7.12. The fourth-order valence-corrected chi connectivity index (χ4v) is 2.70. The molecule has 0 aromatic heterocycles. The minimum absolute atomic E-state index is 0.435. The van der Waals surface area contributed by atoms with Crippen LogP contribution in [0.1, 0.15) is 39.5 Å². The van der Waals surface area contributed by atoms with Gasteiger partial charge in [0.25, 0.3) is 0 Å². The molecule has 3 unspecified atom stereocenters. The van der Waals surface area contributed by atoms with Gasteiger partial charge in [-0.15, -0.1) is 0 Å². The van der Waals surface area contributed by atoms with Crippen LogP contribution < -0.4 is 5.73 Å². The molecule has 0 radical (unpaired) electrons. The molecule has 0 saturated carbocycles. The minimum atomic E-state index is 0.435. The molecule has 102 valence electrons. The van der Waals surface area contributed by atoms with Crippen LogP contribution in [0.4, 0.5) is 0 Å². The third-order valence-electron chi connectivity index (χ3n) is 4.11. The second-order valence-corrected chi connectivity index (χ2v) is 5.67. The van der Waals surface area contributed by atoms with Crippen molar-refractivity contribution >= 4 is 0 Å². The number of piperidine rings is 1. The van der Waals surface area contributed by atoms with E-state index in [1.54, 1.807) is 0 Å². The third-order valence-corrected chi connectivity index (χ3v) is 4.11. The number of hydrogen-bond donors (Lipinski definition) is 1. The van der Waals surface area contributed by atoms with E-state index < -0.39 is 0 Å². The van der Waals surface area contributed by atoms with Crippen molar-refractivity contribution in [2.45, 2.75) is 45.6 Å². The summed E-state index contributed by atoms with van der Waals surface area (Å²) in [6, 6.07) is 0. The van der Waals surface area contributed by atoms with Crippen molar-refractivity contribution in [3.63, 3.8) is 0 Å². The maximum atomic E-state index is 5.57. The van der Waals surface area contributed by atoms with Crippen LogP contribution in [0.25, 0.3) is 0 Å². The van der Waals surface area contributed by atoms with Crippen molar-refractivity contribution in [2.75, 3.05) is 33.3 Å². The Kier molecular flexibility index (Phi) is 7.09. The van der Waals surface area contributed by atoms with Crippen LogP contribution in [0.15, 0.2) is 0 Å². The van der Waals surface area contributed by atoms with Crippen LogP contribution >= 0.6 is 0 Å². The fraction of sp³-hybridized carbons (Fsp3) is 1.00. The molecule has 0 spiro atoms. The Bertz CT molecular complexity index is 199. The Morgan fingerprint density at radius 1 is 1.41 bits per heavy atom. The molecule has 3 atom stereocenters. The summed E-state index contributed by atoms with van der Waals surface area (Å²) in [4.78, 5) is 2.56. The number of nitrogens with two attached hydrogens (primary N) is 1. The quantitative estimate of drug-likeness (QED) is 0.743. The van der Waals surface area contributed by atoms with Crippen LogP contribution in [-0.2, 0) is 4.74 Å². The summed E-state index contributed by atoms with van der Waals surface area (Å²) in [5.41, 5.74) is 5.57. The summed E-state index contributed by atoms with van der Waals surface area (Å²) >= 11 is 0. The van der Waals surface area contributed by atoms with Crippen LogP contribution in [0, 0.1) is 11.8 Å². The van der Waals surface area contributed by atoms with Gasteiger partial charge in [-0.2, -0.15) is 0 Å². The van der Waals surface area contributed by atoms with Crippen molar-refractivity contribution < 1.29 is 4.74 Å². The van der Waals surface area contributed by atoms with Gasteiger partial charge in [0.05, 0.1) is 6.10 Å². The summed E-state index contributed by atoms with van der Waals surface area (Å²) in [7, 11) is 1.84. The Balaban J connectivity index is 2.15. The van der Waals surface area contributed by atoms with Crippen LogP contribution in [0.2, 0.25) is 0 Å². The summed E-state index contributed by atoms with van der Waals surface area (Å²) in [5.74, 6) is 1.49. The topological polar surface area (TPSA) is 38.5 Å². The summed E-state index contributed by atoms with van der Waals surface area (Å²) in [6.07, 6.45) is 5.48.